The summed E-state index contributed by atoms with van der Waals surface area (Å²) in [5.41, 5.74) is -0.443. The molecule has 76 valence electrons. The Morgan fingerprint density at radius 3 is 2.54 bits per heavy atom. The molecule has 0 spiro atoms. The first kappa shape index (κ1) is 12.7. The van der Waals surface area contributed by atoms with Gasteiger partial charge >= 0.3 is 6.09 Å². The Kier molecular flexibility index (Phi) is 5.36. The third kappa shape index (κ3) is 6.86. The molecule has 0 rings (SSSR count). The molecule has 0 saturated carbocycles. The van der Waals surface area contributed by atoms with E-state index < -0.39 is 11.7 Å². The van der Waals surface area contributed by atoms with Crippen LogP contribution in [-0.4, -0.2) is 22.2 Å². The highest BCUT2D eigenvalue weighted by Gasteiger charge is 2.17. The summed E-state index contributed by atoms with van der Waals surface area (Å²) in [6, 6.07) is -0.0181. The summed E-state index contributed by atoms with van der Waals surface area (Å²) in [5.74, 6) is 0. The second kappa shape index (κ2) is 5.47. The molecular formula is C9H16INO2. The molecule has 0 aliphatic heterocycles. The van der Waals surface area contributed by atoms with Gasteiger partial charge in [0.2, 0.25) is 0 Å². The molecule has 0 aromatic heterocycles. The fraction of sp³-hybridized carbons (Fsp3) is 0.667. The average molecular weight is 297 g/mol. The van der Waals surface area contributed by atoms with Crippen molar-refractivity contribution in [2.24, 2.45) is 0 Å². The molecule has 0 aliphatic carbocycles. The van der Waals surface area contributed by atoms with Gasteiger partial charge in [-0.3, -0.25) is 0 Å². The third-order valence-electron chi connectivity index (χ3n) is 1.15. The first-order valence-electron chi connectivity index (χ1n) is 4.07. The fourth-order valence-corrected chi connectivity index (χ4v) is 1.20. The van der Waals surface area contributed by atoms with Crippen LogP contribution in [0.3, 0.4) is 0 Å². The minimum absolute atomic E-state index is 0.0181. The lowest BCUT2D eigenvalue weighted by molar-refractivity contribution is 0.0519. The van der Waals surface area contributed by atoms with Gasteiger partial charge in [0.1, 0.15) is 5.60 Å². The molecule has 0 radical (unpaired) electrons. The van der Waals surface area contributed by atoms with Crippen molar-refractivity contribution < 1.29 is 9.53 Å². The van der Waals surface area contributed by atoms with Gasteiger partial charge in [-0.05, 0) is 20.8 Å². The number of halogens is 1. The summed E-state index contributed by atoms with van der Waals surface area (Å²) < 4.78 is 5.86. The number of ether oxygens (including phenoxy) is 1. The molecule has 1 N–H and O–H groups in total. The van der Waals surface area contributed by atoms with Gasteiger partial charge in [-0.2, -0.15) is 0 Å². The topological polar surface area (TPSA) is 38.3 Å². The van der Waals surface area contributed by atoms with E-state index in [4.69, 9.17) is 4.74 Å². The molecule has 1 amide bonds. The molecule has 4 heteroatoms. The van der Waals surface area contributed by atoms with Crippen molar-refractivity contribution >= 4 is 28.7 Å². The van der Waals surface area contributed by atoms with Crippen LogP contribution >= 0.6 is 22.6 Å². The third-order valence-corrected chi connectivity index (χ3v) is 2.10. The monoisotopic (exact) mass is 297 g/mol. The normalized spacial score (nSPS) is 13.2. The van der Waals surface area contributed by atoms with E-state index >= 15 is 0 Å². The first-order valence-corrected chi connectivity index (χ1v) is 5.59. The predicted molar refractivity (Wildman–Crippen MR) is 62.2 cm³/mol. The molecule has 0 bridgehead atoms. The highest BCUT2D eigenvalue weighted by molar-refractivity contribution is 14.1. The van der Waals surface area contributed by atoms with Crippen LogP contribution in [0.5, 0.6) is 0 Å². The van der Waals surface area contributed by atoms with Crippen LogP contribution in [0.2, 0.25) is 0 Å². The van der Waals surface area contributed by atoms with Gasteiger partial charge < -0.3 is 10.1 Å². The van der Waals surface area contributed by atoms with E-state index in [9.17, 15) is 4.79 Å². The Bertz CT molecular complexity index is 187. The van der Waals surface area contributed by atoms with E-state index in [-0.39, 0.29) is 6.04 Å². The maximum atomic E-state index is 11.2. The van der Waals surface area contributed by atoms with Crippen molar-refractivity contribution in [1.82, 2.24) is 5.32 Å². The lowest BCUT2D eigenvalue weighted by atomic mass is 10.2. The van der Waals surface area contributed by atoms with E-state index in [0.29, 0.717) is 0 Å². The zero-order valence-electron chi connectivity index (χ0n) is 8.26. The number of rotatable bonds is 3. The van der Waals surface area contributed by atoms with Crippen molar-refractivity contribution in [3.8, 4) is 0 Å². The molecule has 1 unspecified atom stereocenters. The molecule has 0 saturated heterocycles. The number of carbonyl (C=O) groups is 1. The lowest BCUT2D eigenvalue weighted by Crippen LogP contribution is -2.38. The number of carbonyl (C=O) groups excluding carboxylic acids is 1. The largest absolute Gasteiger partial charge is 0.444 e. The highest BCUT2D eigenvalue weighted by Crippen LogP contribution is 2.07. The predicted octanol–water partition coefficient (Wildman–Crippen LogP) is 2.50. The summed E-state index contributed by atoms with van der Waals surface area (Å²) >= 11 is 2.18. The fourth-order valence-electron chi connectivity index (χ4n) is 0.619. The molecule has 0 aliphatic rings. The van der Waals surface area contributed by atoms with Crippen molar-refractivity contribution in [2.45, 2.75) is 32.4 Å². The zero-order chi connectivity index (χ0) is 10.5. The summed E-state index contributed by atoms with van der Waals surface area (Å²) in [5, 5.41) is 2.69. The molecule has 3 nitrogen and oxygen atoms in total. The van der Waals surface area contributed by atoms with Crippen LogP contribution in [-0.2, 0) is 4.74 Å². The molecule has 0 aromatic carbocycles. The summed E-state index contributed by atoms with van der Waals surface area (Å²) in [7, 11) is 0. The second-order valence-electron chi connectivity index (χ2n) is 3.64. The summed E-state index contributed by atoms with van der Waals surface area (Å²) in [6.45, 7) is 9.10. The Morgan fingerprint density at radius 2 is 2.23 bits per heavy atom. The molecule has 0 aromatic rings. The number of alkyl halides is 1. The van der Waals surface area contributed by atoms with E-state index in [0.717, 1.165) is 4.43 Å². The van der Waals surface area contributed by atoms with E-state index in [2.05, 4.69) is 34.5 Å². The minimum atomic E-state index is -0.443. The van der Waals surface area contributed by atoms with Crippen LogP contribution in [0.4, 0.5) is 4.79 Å². The van der Waals surface area contributed by atoms with Crippen LogP contribution in [0, 0.1) is 0 Å². The molecule has 13 heavy (non-hydrogen) atoms. The maximum absolute atomic E-state index is 11.2. The average Bonchev–Trinajstić information content (AvgIpc) is 1.96. The van der Waals surface area contributed by atoms with E-state index in [1.165, 1.54) is 0 Å². The lowest BCUT2D eigenvalue weighted by Gasteiger charge is -2.21. The van der Waals surface area contributed by atoms with Crippen molar-refractivity contribution in [3.05, 3.63) is 12.7 Å². The Labute approximate surface area is 93.1 Å². The van der Waals surface area contributed by atoms with Crippen molar-refractivity contribution in [2.75, 3.05) is 4.43 Å². The van der Waals surface area contributed by atoms with Gasteiger partial charge in [0.15, 0.2) is 0 Å². The Morgan fingerprint density at radius 1 is 1.69 bits per heavy atom. The smallest absolute Gasteiger partial charge is 0.408 e. The highest BCUT2D eigenvalue weighted by atomic mass is 127. The van der Waals surface area contributed by atoms with Crippen molar-refractivity contribution in [1.29, 1.82) is 0 Å². The Hall–Kier alpha value is -0.260. The minimum Gasteiger partial charge on any atom is -0.444 e. The van der Waals surface area contributed by atoms with Gasteiger partial charge in [-0.1, -0.05) is 28.7 Å². The SMILES string of the molecule is C=CC(CI)NC(=O)OC(C)(C)C. The van der Waals surface area contributed by atoms with Crippen LogP contribution < -0.4 is 5.32 Å². The number of hydrogen-bond donors (Lipinski definition) is 1. The van der Waals surface area contributed by atoms with Gasteiger partial charge in [0, 0.05) is 4.43 Å². The standard InChI is InChI=1S/C9H16INO2/c1-5-7(6-10)11-8(12)13-9(2,3)4/h5,7H,1,6H2,2-4H3,(H,11,12). The van der Waals surface area contributed by atoms with Gasteiger partial charge in [-0.25, -0.2) is 4.79 Å². The molecule has 0 heterocycles. The maximum Gasteiger partial charge on any atom is 0.408 e. The number of hydrogen-bond acceptors (Lipinski definition) is 2. The molecule has 1 atom stereocenters. The number of nitrogens with one attached hydrogen (secondary N) is 1. The summed E-state index contributed by atoms with van der Waals surface area (Å²) in [6.07, 6.45) is 1.30. The zero-order valence-corrected chi connectivity index (χ0v) is 10.4. The van der Waals surface area contributed by atoms with Crippen LogP contribution in [0.15, 0.2) is 12.7 Å². The Balaban J connectivity index is 3.93. The molecular weight excluding hydrogens is 281 g/mol. The number of amides is 1. The van der Waals surface area contributed by atoms with Gasteiger partial charge in [0.25, 0.3) is 0 Å². The first-order chi connectivity index (χ1) is 5.89. The van der Waals surface area contributed by atoms with Crippen LogP contribution in [0.25, 0.3) is 0 Å². The second-order valence-corrected chi connectivity index (χ2v) is 4.52. The van der Waals surface area contributed by atoms with Gasteiger partial charge in [0.05, 0.1) is 6.04 Å². The molecule has 0 fully saturated rings. The van der Waals surface area contributed by atoms with Crippen LogP contribution in [0.1, 0.15) is 20.8 Å². The number of alkyl carbamates (subject to hydrolysis) is 1. The van der Waals surface area contributed by atoms with Crippen molar-refractivity contribution in [3.63, 3.8) is 0 Å². The van der Waals surface area contributed by atoms with E-state index in [1.54, 1.807) is 6.08 Å². The van der Waals surface area contributed by atoms with Gasteiger partial charge in [-0.15, -0.1) is 6.58 Å². The summed E-state index contributed by atoms with van der Waals surface area (Å²) in [4.78, 5) is 11.2. The quantitative estimate of drug-likeness (QED) is 0.494. The van der Waals surface area contributed by atoms with E-state index in [1.807, 2.05) is 20.8 Å².